The second-order valence-electron chi connectivity index (χ2n) is 14.6. The Hall–Kier alpha value is -3.26. The average Bonchev–Trinajstić information content (AvgIpc) is 3.72. The van der Waals surface area contributed by atoms with Crippen LogP contribution in [-0.2, 0) is 12.8 Å². The van der Waals surface area contributed by atoms with Crippen LogP contribution in [-0.4, -0.2) is 9.97 Å². The highest BCUT2D eigenvalue weighted by Crippen LogP contribution is 2.37. The van der Waals surface area contributed by atoms with Crippen LogP contribution in [0.25, 0.3) is 54.1 Å². The standard InChI is InChI=1S/C45H60N2/c1-3-5-7-9-11-12-13-14-15-16-17-19-21-23-35-33-43-41-27-25-36-37(39(41)29-31-45(43)47-35)24-26-40-38(36)28-30-44-42(40)32-34(46-44)22-20-18-10-8-6-4-2/h24-33,46-47H,3-23H2,1-2H3. The average molecular weight is 629 g/mol. The summed E-state index contributed by atoms with van der Waals surface area (Å²) in [5.41, 5.74) is 5.31. The van der Waals surface area contributed by atoms with Crippen LogP contribution in [0.15, 0.2) is 60.7 Å². The SMILES string of the molecule is CCCCCCCCCCCCCCCc1cc2c(ccc3c2ccc2c4ccc5[nH]c(CCCCCCCC)cc5c4ccc32)[nH]1. The van der Waals surface area contributed by atoms with E-state index in [0.717, 1.165) is 12.8 Å². The molecule has 0 saturated carbocycles. The van der Waals surface area contributed by atoms with Crippen molar-refractivity contribution in [2.75, 3.05) is 0 Å². The van der Waals surface area contributed by atoms with Crippen LogP contribution in [0.4, 0.5) is 0 Å². The van der Waals surface area contributed by atoms with Crippen molar-refractivity contribution in [1.82, 2.24) is 9.97 Å². The molecule has 47 heavy (non-hydrogen) atoms. The fourth-order valence-electron chi connectivity index (χ4n) is 8.08. The van der Waals surface area contributed by atoms with Crippen LogP contribution < -0.4 is 0 Å². The molecule has 6 aromatic rings. The fraction of sp³-hybridized carbons (Fsp3) is 0.511. The van der Waals surface area contributed by atoms with Crippen LogP contribution in [0.3, 0.4) is 0 Å². The minimum atomic E-state index is 1.15. The van der Waals surface area contributed by atoms with Gasteiger partial charge in [0.05, 0.1) is 0 Å². The van der Waals surface area contributed by atoms with Gasteiger partial charge in [-0.05, 0) is 82.3 Å². The maximum absolute atomic E-state index is 3.75. The topological polar surface area (TPSA) is 31.6 Å². The Morgan fingerprint density at radius 2 is 0.596 bits per heavy atom. The van der Waals surface area contributed by atoms with Crippen molar-refractivity contribution in [2.45, 2.75) is 149 Å². The quantitative estimate of drug-likeness (QED) is 0.0587. The maximum Gasteiger partial charge on any atom is 0.0462 e. The Morgan fingerprint density at radius 3 is 0.936 bits per heavy atom. The van der Waals surface area contributed by atoms with Crippen molar-refractivity contribution >= 4 is 54.1 Å². The summed E-state index contributed by atoms with van der Waals surface area (Å²) in [6.45, 7) is 4.59. The highest BCUT2D eigenvalue weighted by atomic mass is 14.7. The third-order valence-corrected chi connectivity index (χ3v) is 10.9. The number of H-pyrrole nitrogens is 2. The first-order valence-corrected chi connectivity index (χ1v) is 19.7. The van der Waals surface area contributed by atoms with Gasteiger partial charge in [-0.25, -0.2) is 0 Å². The van der Waals surface area contributed by atoms with Gasteiger partial charge in [0.2, 0.25) is 0 Å². The minimum Gasteiger partial charge on any atom is -0.358 e. The highest BCUT2D eigenvalue weighted by Gasteiger charge is 2.12. The van der Waals surface area contributed by atoms with Crippen LogP contribution >= 0.6 is 0 Å². The summed E-state index contributed by atoms with van der Waals surface area (Å²) >= 11 is 0. The number of hydrogen-bond acceptors (Lipinski definition) is 0. The zero-order valence-corrected chi connectivity index (χ0v) is 29.6. The van der Waals surface area contributed by atoms with E-state index in [4.69, 9.17) is 0 Å². The third kappa shape index (κ3) is 8.43. The molecule has 2 heterocycles. The first-order valence-electron chi connectivity index (χ1n) is 19.7. The van der Waals surface area contributed by atoms with E-state index in [2.05, 4.69) is 84.5 Å². The molecule has 0 fully saturated rings. The molecule has 2 nitrogen and oxygen atoms in total. The number of aromatic amines is 2. The summed E-state index contributed by atoms with van der Waals surface area (Å²) in [5.74, 6) is 0. The van der Waals surface area contributed by atoms with Gasteiger partial charge in [-0.1, -0.05) is 159 Å². The lowest BCUT2D eigenvalue weighted by Gasteiger charge is -2.09. The normalized spacial score (nSPS) is 12.1. The van der Waals surface area contributed by atoms with Gasteiger partial charge in [-0.3, -0.25) is 0 Å². The zero-order valence-electron chi connectivity index (χ0n) is 29.6. The van der Waals surface area contributed by atoms with Crippen LogP contribution in [0.1, 0.15) is 147 Å². The Morgan fingerprint density at radius 1 is 0.319 bits per heavy atom. The number of rotatable bonds is 21. The van der Waals surface area contributed by atoms with Crippen molar-refractivity contribution in [3.8, 4) is 0 Å². The second kappa shape index (κ2) is 17.2. The van der Waals surface area contributed by atoms with Crippen LogP contribution in [0.2, 0.25) is 0 Å². The number of nitrogens with one attached hydrogen (secondary N) is 2. The molecule has 0 bridgehead atoms. The summed E-state index contributed by atoms with van der Waals surface area (Å²) in [6.07, 6.45) is 28.6. The lowest BCUT2D eigenvalue weighted by molar-refractivity contribution is 0.539. The van der Waals surface area contributed by atoms with Gasteiger partial charge in [0, 0.05) is 33.2 Å². The smallest absolute Gasteiger partial charge is 0.0462 e. The number of aryl methyl sites for hydroxylation is 2. The summed E-state index contributed by atoms with van der Waals surface area (Å²) < 4.78 is 0. The molecule has 2 aromatic heterocycles. The van der Waals surface area contributed by atoms with E-state index in [1.165, 1.54) is 188 Å². The van der Waals surface area contributed by atoms with Crippen LogP contribution in [0.5, 0.6) is 0 Å². The molecule has 0 saturated heterocycles. The van der Waals surface area contributed by atoms with E-state index in [1.54, 1.807) is 0 Å². The number of benzene rings is 4. The van der Waals surface area contributed by atoms with E-state index < -0.39 is 0 Å². The van der Waals surface area contributed by atoms with Gasteiger partial charge in [0.1, 0.15) is 0 Å². The van der Waals surface area contributed by atoms with Gasteiger partial charge in [0.25, 0.3) is 0 Å². The van der Waals surface area contributed by atoms with E-state index in [9.17, 15) is 0 Å². The lowest BCUT2D eigenvalue weighted by atomic mass is 9.94. The molecule has 0 unspecified atom stereocenters. The largest absolute Gasteiger partial charge is 0.358 e. The number of fused-ring (bicyclic) bond motifs is 9. The number of hydrogen-bond donors (Lipinski definition) is 2. The van der Waals surface area contributed by atoms with E-state index in [-0.39, 0.29) is 0 Å². The first-order chi connectivity index (χ1) is 23.3. The van der Waals surface area contributed by atoms with Crippen LogP contribution in [0, 0.1) is 0 Å². The predicted molar refractivity (Wildman–Crippen MR) is 209 cm³/mol. The lowest BCUT2D eigenvalue weighted by Crippen LogP contribution is -1.86. The molecular weight excluding hydrogens is 569 g/mol. The molecule has 250 valence electrons. The molecule has 0 spiro atoms. The van der Waals surface area contributed by atoms with E-state index in [1.807, 2.05) is 0 Å². The molecule has 2 N–H and O–H groups in total. The number of unbranched alkanes of at least 4 members (excludes halogenated alkanes) is 17. The molecule has 0 atom stereocenters. The van der Waals surface area contributed by atoms with Gasteiger partial charge in [-0.2, -0.15) is 0 Å². The molecule has 0 aliphatic rings. The maximum atomic E-state index is 3.75. The van der Waals surface area contributed by atoms with Crippen molar-refractivity contribution in [3.05, 3.63) is 72.1 Å². The van der Waals surface area contributed by atoms with Gasteiger partial charge in [-0.15, -0.1) is 0 Å². The minimum absolute atomic E-state index is 1.15. The molecule has 0 aliphatic heterocycles. The van der Waals surface area contributed by atoms with Gasteiger partial charge in [0.15, 0.2) is 0 Å². The molecule has 0 amide bonds. The highest BCUT2D eigenvalue weighted by molar-refractivity contribution is 6.24. The molecule has 2 heteroatoms. The predicted octanol–water partition coefficient (Wildman–Crippen LogP) is 14.6. The molecule has 0 aliphatic carbocycles. The monoisotopic (exact) mass is 628 g/mol. The summed E-state index contributed by atoms with van der Waals surface area (Å²) in [5, 5.41) is 10.9. The summed E-state index contributed by atoms with van der Waals surface area (Å²) in [4.78, 5) is 7.48. The number of aromatic nitrogens is 2. The Bertz CT molecular complexity index is 1850. The first kappa shape index (κ1) is 33.6. The van der Waals surface area contributed by atoms with Crippen molar-refractivity contribution in [3.63, 3.8) is 0 Å². The van der Waals surface area contributed by atoms with Crippen molar-refractivity contribution < 1.29 is 0 Å². The van der Waals surface area contributed by atoms with E-state index in [0.29, 0.717) is 0 Å². The molecular formula is C45H60N2. The van der Waals surface area contributed by atoms with E-state index >= 15 is 0 Å². The Balaban J connectivity index is 1.06. The Kier molecular flexibility index (Phi) is 12.3. The Labute approximate surface area is 284 Å². The third-order valence-electron chi connectivity index (χ3n) is 10.9. The second-order valence-corrected chi connectivity index (χ2v) is 14.6. The zero-order chi connectivity index (χ0) is 32.3. The molecule has 6 rings (SSSR count). The fourth-order valence-corrected chi connectivity index (χ4v) is 8.08. The summed E-state index contributed by atoms with van der Waals surface area (Å²) in [6, 6.07) is 23.6. The van der Waals surface area contributed by atoms with Crippen molar-refractivity contribution in [1.29, 1.82) is 0 Å². The van der Waals surface area contributed by atoms with Gasteiger partial charge < -0.3 is 9.97 Å². The molecule has 4 aromatic carbocycles. The molecule has 0 radical (unpaired) electrons. The summed E-state index contributed by atoms with van der Waals surface area (Å²) in [7, 11) is 0. The van der Waals surface area contributed by atoms with Crippen molar-refractivity contribution in [2.24, 2.45) is 0 Å². The van der Waals surface area contributed by atoms with Gasteiger partial charge >= 0.3 is 0 Å².